The molecule has 0 amide bonds. The summed E-state index contributed by atoms with van der Waals surface area (Å²) in [6, 6.07) is 15.3. The average Bonchev–Trinajstić information content (AvgIpc) is 2.41. The molecule has 0 aliphatic rings. The van der Waals surface area contributed by atoms with Crippen molar-refractivity contribution in [1.29, 1.82) is 0 Å². The number of benzene rings is 2. The molecule has 0 spiro atoms. The molecule has 0 aliphatic carbocycles. The SMILES string of the molecule is Oc1ccc(-c2ccc(C#CCCS)cc2)cc1. The van der Waals surface area contributed by atoms with E-state index >= 15 is 0 Å². The first-order chi connectivity index (χ1) is 8.79. The second-order valence-electron chi connectivity index (χ2n) is 3.90. The molecule has 2 aromatic carbocycles. The predicted molar refractivity (Wildman–Crippen MR) is 78.9 cm³/mol. The van der Waals surface area contributed by atoms with Crippen molar-refractivity contribution in [3.63, 3.8) is 0 Å². The molecule has 1 nitrogen and oxygen atoms in total. The fourth-order valence-corrected chi connectivity index (χ4v) is 1.73. The van der Waals surface area contributed by atoms with E-state index in [4.69, 9.17) is 0 Å². The first-order valence-electron chi connectivity index (χ1n) is 5.79. The molecule has 0 saturated carbocycles. The van der Waals surface area contributed by atoms with Crippen LogP contribution in [0.25, 0.3) is 11.1 Å². The summed E-state index contributed by atoms with van der Waals surface area (Å²) in [5, 5.41) is 9.24. The highest BCUT2D eigenvalue weighted by Gasteiger charge is 1.97. The third-order valence-corrected chi connectivity index (χ3v) is 2.78. The van der Waals surface area contributed by atoms with Crippen molar-refractivity contribution in [2.24, 2.45) is 0 Å². The molecule has 0 saturated heterocycles. The van der Waals surface area contributed by atoms with Gasteiger partial charge in [-0.05, 0) is 35.4 Å². The third-order valence-electron chi connectivity index (χ3n) is 2.56. The Balaban J connectivity index is 2.18. The van der Waals surface area contributed by atoms with Gasteiger partial charge in [0.05, 0.1) is 0 Å². The van der Waals surface area contributed by atoms with Crippen LogP contribution in [-0.2, 0) is 0 Å². The Morgan fingerprint density at radius 1 is 0.889 bits per heavy atom. The van der Waals surface area contributed by atoms with E-state index in [1.807, 2.05) is 36.4 Å². The van der Waals surface area contributed by atoms with Gasteiger partial charge in [0.1, 0.15) is 5.75 Å². The number of hydrogen-bond donors (Lipinski definition) is 2. The summed E-state index contributed by atoms with van der Waals surface area (Å²) in [4.78, 5) is 0. The highest BCUT2D eigenvalue weighted by atomic mass is 32.1. The molecular formula is C16H14OS. The fraction of sp³-hybridized carbons (Fsp3) is 0.125. The van der Waals surface area contributed by atoms with Gasteiger partial charge in [0, 0.05) is 17.7 Å². The van der Waals surface area contributed by atoms with E-state index < -0.39 is 0 Å². The number of hydrogen-bond acceptors (Lipinski definition) is 2. The Kier molecular flexibility index (Phi) is 4.33. The van der Waals surface area contributed by atoms with Crippen LogP contribution < -0.4 is 0 Å². The van der Waals surface area contributed by atoms with Gasteiger partial charge in [-0.15, -0.1) is 0 Å². The van der Waals surface area contributed by atoms with E-state index in [9.17, 15) is 5.11 Å². The number of aromatic hydroxyl groups is 1. The molecule has 0 fully saturated rings. The lowest BCUT2D eigenvalue weighted by Crippen LogP contribution is -1.79. The summed E-state index contributed by atoms with van der Waals surface area (Å²) in [6.45, 7) is 0. The monoisotopic (exact) mass is 254 g/mol. The van der Waals surface area contributed by atoms with E-state index in [0.717, 1.165) is 28.9 Å². The zero-order valence-electron chi connectivity index (χ0n) is 9.93. The lowest BCUT2D eigenvalue weighted by Gasteiger charge is -2.01. The zero-order chi connectivity index (χ0) is 12.8. The van der Waals surface area contributed by atoms with Crippen molar-refractivity contribution in [3.05, 3.63) is 54.1 Å². The smallest absolute Gasteiger partial charge is 0.115 e. The molecule has 18 heavy (non-hydrogen) atoms. The fourth-order valence-electron chi connectivity index (χ4n) is 1.62. The zero-order valence-corrected chi connectivity index (χ0v) is 10.8. The molecule has 2 rings (SSSR count). The second-order valence-corrected chi connectivity index (χ2v) is 4.35. The summed E-state index contributed by atoms with van der Waals surface area (Å²) in [7, 11) is 0. The average molecular weight is 254 g/mol. The van der Waals surface area contributed by atoms with Crippen LogP contribution in [-0.4, -0.2) is 10.9 Å². The van der Waals surface area contributed by atoms with Crippen molar-refractivity contribution in [1.82, 2.24) is 0 Å². The van der Waals surface area contributed by atoms with Crippen LogP contribution in [0.1, 0.15) is 12.0 Å². The molecule has 2 aromatic rings. The molecule has 0 heterocycles. The van der Waals surface area contributed by atoms with Gasteiger partial charge in [-0.2, -0.15) is 12.6 Å². The van der Waals surface area contributed by atoms with Crippen LogP contribution in [0.4, 0.5) is 0 Å². The lowest BCUT2D eigenvalue weighted by molar-refractivity contribution is 0.475. The maximum Gasteiger partial charge on any atom is 0.115 e. The molecule has 0 radical (unpaired) electrons. The summed E-state index contributed by atoms with van der Waals surface area (Å²) >= 11 is 4.12. The quantitative estimate of drug-likeness (QED) is 0.618. The molecule has 0 unspecified atom stereocenters. The van der Waals surface area contributed by atoms with E-state index in [-0.39, 0.29) is 5.75 Å². The number of rotatable bonds is 2. The highest BCUT2D eigenvalue weighted by molar-refractivity contribution is 7.80. The molecule has 0 bridgehead atoms. The molecule has 2 heteroatoms. The van der Waals surface area contributed by atoms with Gasteiger partial charge in [-0.3, -0.25) is 0 Å². The van der Waals surface area contributed by atoms with Crippen LogP contribution in [0.3, 0.4) is 0 Å². The number of phenols is 1. The van der Waals surface area contributed by atoms with Crippen LogP contribution in [0.5, 0.6) is 5.75 Å². The van der Waals surface area contributed by atoms with Gasteiger partial charge >= 0.3 is 0 Å². The minimum atomic E-state index is 0.285. The Labute approximate surface area is 113 Å². The van der Waals surface area contributed by atoms with Crippen molar-refractivity contribution in [3.8, 4) is 28.7 Å². The van der Waals surface area contributed by atoms with Crippen molar-refractivity contribution in [2.45, 2.75) is 6.42 Å². The molecule has 1 N–H and O–H groups in total. The van der Waals surface area contributed by atoms with Crippen molar-refractivity contribution >= 4 is 12.6 Å². The van der Waals surface area contributed by atoms with Crippen molar-refractivity contribution in [2.75, 3.05) is 5.75 Å². The first-order valence-corrected chi connectivity index (χ1v) is 6.42. The Bertz CT molecular complexity index is 559. The summed E-state index contributed by atoms with van der Waals surface area (Å²) < 4.78 is 0. The third kappa shape index (κ3) is 3.32. The summed E-state index contributed by atoms with van der Waals surface area (Å²) in [6.07, 6.45) is 0.808. The molecule has 0 atom stereocenters. The lowest BCUT2D eigenvalue weighted by atomic mass is 10.0. The predicted octanol–water partition coefficient (Wildman–Crippen LogP) is 3.73. The van der Waals surface area contributed by atoms with Crippen LogP contribution in [0, 0.1) is 11.8 Å². The Morgan fingerprint density at radius 3 is 2.00 bits per heavy atom. The second kappa shape index (κ2) is 6.18. The van der Waals surface area contributed by atoms with E-state index in [1.165, 1.54) is 0 Å². The maximum atomic E-state index is 9.24. The molecule has 90 valence electrons. The van der Waals surface area contributed by atoms with Gasteiger partial charge in [-0.25, -0.2) is 0 Å². The van der Waals surface area contributed by atoms with Gasteiger partial charge in [0.25, 0.3) is 0 Å². The Hall–Kier alpha value is -1.85. The van der Waals surface area contributed by atoms with Gasteiger partial charge in [-0.1, -0.05) is 36.1 Å². The largest absolute Gasteiger partial charge is 0.508 e. The van der Waals surface area contributed by atoms with E-state index in [2.05, 4.69) is 24.5 Å². The minimum Gasteiger partial charge on any atom is -0.508 e. The van der Waals surface area contributed by atoms with Gasteiger partial charge in [0.15, 0.2) is 0 Å². The summed E-state index contributed by atoms with van der Waals surface area (Å²) in [5.74, 6) is 7.23. The summed E-state index contributed by atoms with van der Waals surface area (Å²) in [5.41, 5.74) is 3.22. The topological polar surface area (TPSA) is 20.2 Å². The molecular weight excluding hydrogens is 240 g/mol. The molecule has 0 aliphatic heterocycles. The van der Waals surface area contributed by atoms with Gasteiger partial charge in [0.2, 0.25) is 0 Å². The van der Waals surface area contributed by atoms with Crippen molar-refractivity contribution < 1.29 is 5.11 Å². The molecule has 0 aromatic heterocycles. The van der Waals surface area contributed by atoms with Crippen LogP contribution >= 0.6 is 12.6 Å². The number of thiol groups is 1. The highest BCUT2D eigenvalue weighted by Crippen LogP contribution is 2.21. The van der Waals surface area contributed by atoms with Crippen LogP contribution in [0.2, 0.25) is 0 Å². The van der Waals surface area contributed by atoms with E-state index in [1.54, 1.807) is 12.1 Å². The number of phenolic OH excluding ortho intramolecular Hbond substituents is 1. The normalized spacial score (nSPS) is 9.61. The Morgan fingerprint density at radius 2 is 1.44 bits per heavy atom. The van der Waals surface area contributed by atoms with Crippen LogP contribution in [0.15, 0.2) is 48.5 Å². The van der Waals surface area contributed by atoms with E-state index in [0.29, 0.717) is 0 Å². The van der Waals surface area contributed by atoms with Gasteiger partial charge < -0.3 is 5.11 Å². The minimum absolute atomic E-state index is 0.285. The maximum absolute atomic E-state index is 9.24. The standard InChI is InChI=1S/C16H14OS/c17-16-10-8-15(9-11-16)14-6-4-13(5-7-14)3-1-2-12-18/h4-11,17-18H,2,12H2. The first kappa shape index (κ1) is 12.6.